The van der Waals surface area contributed by atoms with E-state index in [0.717, 1.165) is 50.9 Å². The van der Waals surface area contributed by atoms with Crippen LogP contribution in [0.5, 0.6) is 0 Å². The number of piperazine rings is 1. The van der Waals surface area contributed by atoms with Crippen molar-refractivity contribution in [2.75, 3.05) is 59.5 Å². The van der Waals surface area contributed by atoms with Gasteiger partial charge in [-0.1, -0.05) is 5.16 Å². The van der Waals surface area contributed by atoms with Crippen molar-refractivity contribution < 1.29 is 14.1 Å². The highest BCUT2D eigenvalue weighted by atomic mass is 127. The van der Waals surface area contributed by atoms with Crippen LogP contribution in [-0.2, 0) is 16.1 Å². The molecule has 2 rings (SSSR count). The molecule has 2 N–H and O–H groups in total. The van der Waals surface area contributed by atoms with Gasteiger partial charge in [0.2, 0.25) is 5.91 Å². The number of hydrogen-bond donors (Lipinski definition) is 2. The number of hydrogen-bond acceptors (Lipinski definition) is 6. The summed E-state index contributed by atoms with van der Waals surface area (Å²) in [6.07, 6.45) is 1.60. The fraction of sp³-hybridized carbons (Fsp3) is 0.688. The lowest BCUT2D eigenvalue weighted by molar-refractivity contribution is -0.119. The zero-order chi connectivity index (χ0) is 17.9. The monoisotopic (exact) mass is 480 g/mol. The van der Waals surface area contributed by atoms with Crippen LogP contribution >= 0.6 is 24.0 Å². The SMILES string of the molecule is CCNC(=NCC(=O)NCCOC)N1CCN(Cc2ccon2)CC1.I. The quantitative estimate of drug-likeness (QED) is 0.237. The summed E-state index contributed by atoms with van der Waals surface area (Å²) in [6, 6.07) is 1.89. The van der Waals surface area contributed by atoms with Crippen molar-refractivity contribution in [2.45, 2.75) is 13.5 Å². The molecule has 1 fully saturated rings. The van der Waals surface area contributed by atoms with Crippen molar-refractivity contribution in [3.05, 3.63) is 18.0 Å². The second-order valence-electron chi connectivity index (χ2n) is 5.77. The van der Waals surface area contributed by atoms with Crippen molar-refractivity contribution in [1.29, 1.82) is 0 Å². The number of aromatic nitrogens is 1. The maximum atomic E-state index is 11.8. The van der Waals surface area contributed by atoms with E-state index < -0.39 is 0 Å². The summed E-state index contributed by atoms with van der Waals surface area (Å²) in [4.78, 5) is 20.8. The van der Waals surface area contributed by atoms with E-state index in [1.807, 2.05) is 13.0 Å². The lowest BCUT2D eigenvalue weighted by atomic mass is 10.3. The molecule has 1 amide bonds. The van der Waals surface area contributed by atoms with Crippen molar-refractivity contribution in [1.82, 2.24) is 25.6 Å². The summed E-state index contributed by atoms with van der Waals surface area (Å²) in [6.45, 7) is 8.24. The summed E-state index contributed by atoms with van der Waals surface area (Å²) in [5, 5.41) is 9.99. The Kier molecular flexibility index (Phi) is 11.2. The number of nitrogens with one attached hydrogen (secondary N) is 2. The van der Waals surface area contributed by atoms with E-state index in [9.17, 15) is 4.79 Å². The van der Waals surface area contributed by atoms with Crippen LogP contribution in [0, 0.1) is 0 Å². The third kappa shape index (κ3) is 7.87. The third-order valence-electron chi connectivity index (χ3n) is 3.88. The van der Waals surface area contributed by atoms with Gasteiger partial charge in [-0.25, -0.2) is 4.99 Å². The molecular formula is C16H29IN6O3. The van der Waals surface area contributed by atoms with Crippen LogP contribution in [0.3, 0.4) is 0 Å². The Morgan fingerprint density at radius 3 is 2.73 bits per heavy atom. The lowest BCUT2D eigenvalue weighted by Crippen LogP contribution is -2.52. The highest BCUT2D eigenvalue weighted by molar-refractivity contribution is 14.0. The van der Waals surface area contributed by atoms with Gasteiger partial charge in [-0.3, -0.25) is 9.69 Å². The highest BCUT2D eigenvalue weighted by Crippen LogP contribution is 2.07. The van der Waals surface area contributed by atoms with Crippen molar-refractivity contribution >= 4 is 35.8 Å². The number of guanidine groups is 1. The van der Waals surface area contributed by atoms with Crippen LogP contribution in [0.2, 0.25) is 0 Å². The maximum Gasteiger partial charge on any atom is 0.241 e. The fourth-order valence-corrected chi connectivity index (χ4v) is 2.59. The molecule has 1 aliphatic heterocycles. The Bertz CT molecular complexity index is 532. The Morgan fingerprint density at radius 1 is 1.35 bits per heavy atom. The molecule has 1 saturated heterocycles. The molecule has 1 aromatic rings. The molecule has 10 heteroatoms. The van der Waals surface area contributed by atoms with E-state index in [-0.39, 0.29) is 36.4 Å². The molecule has 2 heterocycles. The number of nitrogens with zero attached hydrogens (tertiary/aromatic N) is 4. The fourth-order valence-electron chi connectivity index (χ4n) is 2.59. The Morgan fingerprint density at radius 2 is 2.12 bits per heavy atom. The molecule has 0 bridgehead atoms. The van der Waals surface area contributed by atoms with Crippen molar-refractivity contribution in [2.24, 2.45) is 4.99 Å². The van der Waals surface area contributed by atoms with Gasteiger partial charge in [0.25, 0.3) is 0 Å². The van der Waals surface area contributed by atoms with Crippen molar-refractivity contribution in [3.8, 4) is 0 Å². The molecule has 9 nitrogen and oxygen atoms in total. The second-order valence-corrected chi connectivity index (χ2v) is 5.77. The number of rotatable bonds is 8. The van der Waals surface area contributed by atoms with E-state index in [1.165, 1.54) is 0 Å². The minimum Gasteiger partial charge on any atom is -0.383 e. The second kappa shape index (κ2) is 12.9. The molecule has 0 aromatic carbocycles. The van der Waals surface area contributed by atoms with Gasteiger partial charge in [-0.15, -0.1) is 24.0 Å². The van der Waals surface area contributed by atoms with Crippen LogP contribution in [0.1, 0.15) is 12.6 Å². The predicted octanol–water partition coefficient (Wildman–Crippen LogP) is 0.138. The molecule has 26 heavy (non-hydrogen) atoms. The van der Waals surface area contributed by atoms with E-state index in [4.69, 9.17) is 9.26 Å². The average Bonchev–Trinajstić information content (AvgIpc) is 3.13. The first-order chi connectivity index (χ1) is 12.2. The Hall–Kier alpha value is -1.40. The Balaban J connectivity index is 0.00000338. The first-order valence-corrected chi connectivity index (χ1v) is 8.63. The molecule has 1 aliphatic rings. The Labute approximate surface area is 171 Å². The normalized spacial score (nSPS) is 15.5. The van der Waals surface area contributed by atoms with Crippen molar-refractivity contribution in [3.63, 3.8) is 0 Å². The van der Waals surface area contributed by atoms with Crippen LogP contribution in [0.4, 0.5) is 0 Å². The molecule has 0 saturated carbocycles. The summed E-state index contributed by atoms with van der Waals surface area (Å²) < 4.78 is 9.79. The van der Waals surface area contributed by atoms with E-state index in [2.05, 4.69) is 30.6 Å². The van der Waals surface area contributed by atoms with Gasteiger partial charge in [0.05, 0.1) is 12.3 Å². The topological polar surface area (TPSA) is 95.2 Å². The van der Waals surface area contributed by atoms with E-state index >= 15 is 0 Å². The molecular weight excluding hydrogens is 451 g/mol. The van der Waals surface area contributed by atoms with Gasteiger partial charge in [0.15, 0.2) is 5.96 Å². The predicted molar refractivity (Wildman–Crippen MR) is 110 cm³/mol. The standard InChI is InChI=1S/C16H28N6O3.HI/c1-3-17-16(19-12-15(23)18-5-11-24-2)22-8-6-21(7-9-22)13-14-4-10-25-20-14;/h4,10H,3,5-9,11-13H2,1-2H3,(H,17,19)(H,18,23);1H. The number of aliphatic imine (C=N–C) groups is 1. The summed E-state index contributed by atoms with van der Waals surface area (Å²) in [7, 11) is 1.61. The smallest absolute Gasteiger partial charge is 0.241 e. The molecule has 0 atom stereocenters. The molecule has 0 aliphatic carbocycles. The molecule has 0 radical (unpaired) electrons. The largest absolute Gasteiger partial charge is 0.383 e. The molecule has 0 unspecified atom stereocenters. The summed E-state index contributed by atoms with van der Waals surface area (Å²) >= 11 is 0. The number of amides is 1. The number of carbonyl (C=O) groups excluding carboxylic acids is 1. The van der Waals surface area contributed by atoms with Gasteiger partial charge < -0.3 is 24.8 Å². The summed E-state index contributed by atoms with van der Waals surface area (Å²) in [5.41, 5.74) is 0.946. The molecule has 1 aromatic heterocycles. The minimum atomic E-state index is -0.0999. The van der Waals surface area contributed by atoms with E-state index in [1.54, 1.807) is 13.4 Å². The van der Waals surface area contributed by atoms with Gasteiger partial charge >= 0.3 is 0 Å². The first-order valence-electron chi connectivity index (χ1n) is 8.63. The number of ether oxygens (including phenoxy) is 1. The van der Waals surface area contributed by atoms with Crippen LogP contribution in [0.15, 0.2) is 21.8 Å². The lowest BCUT2D eigenvalue weighted by Gasteiger charge is -2.36. The highest BCUT2D eigenvalue weighted by Gasteiger charge is 2.20. The summed E-state index contributed by atoms with van der Waals surface area (Å²) in [5.74, 6) is 0.683. The zero-order valence-electron chi connectivity index (χ0n) is 15.4. The van der Waals surface area contributed by atoms with Gasteiger partial charge in [-0.2, -0.15) is 0 Å². The number of methoxy groups -OCH3 is 1. The van der Waals surface area contributed by atoms with Gasteiger partial charge in [-0.05, 0) is 6.92 Å². The zero-order valence-corrected chi connectivity index (χ0v) is 17.8. The van der Waals surface area contributed by atoms with Gasteiger partial charge in [0, 0.05) is 59.0 Å². The molecule has 148 valence electrons. The minimum absolute atomic E-state index is 0. The van der Waals surface area contributed by atoms with Crippen LogP contribution in [0.25, 0.3) is 0 Å². The molecule has 0 spiro atoms. The van der Waals surface area contributed by atoms with Crippen LogP contribution in [-0.4, -0.2) is 86.4 Å². The first kappa shape index (κ1) is 22.6. The number of halogens is 1. The third-order valence-corrected chi connectivity index (χ3v) is 3.88. The van der Waals surface area contributed by atoms with Gasteiger partial charge in [0.1, 0.15) is 12.8 Å². The van der Waals surface area contributed by atoms with Crippen LogP contribution < -0.4 is 10.6 Å². The van der Waals surface area contributed by atoms with E-state index in [0.29, 0.717) is 13.2 Å². The number of carbonyl (C=O) groups is 1. The maximum absolute atomic E-state index is 11.8. The average molecular weight is 480 g/mol.